The first-order chi connectivity index (χ1) is 22.2. The Morgan fingerprint density at radius 1 is 1.04 bits per heavy atom. The summed E-state index contributed by atoms with van der Waals surface area (Å²) >= 11 is 0. The Kier molecular flexibility index (Phi) is 10.5. The first-order valence-electron chi connectivity index (χ1n) is 16.3. The largest absolute Gasteiger partial charge is 0.481 e. The molecule has 5 fully saturated rings. The van der Waals surface area contributed by atoms with Crippen LogP contribution < -0.4 is 5.73 Å². The van der Waals surface area contributed by atoms with Crippen LogP contribution in [0.25, 0.3) is 0 Å². The molecule has 4 saturated carbocycles. The molecule has 0 aromatic rings. The lowest BCUT2D eigenvalue weighted by Crippen LogP contribution is -2.64. The summed E-state index contributed by atoms with van der Waals surface area (Å²) in [6, 6.07) is 0. The van der Waals surface area contributed by atoms with E-state index in [1.165, 1.54) is 0 Å². The zero-order valence-corrected chi connectivity index (χ0v) is 28.8. The fourth-order valence-corrected chi connectivity index (χ4v) is 10.9. The van der Waals surface area contributed by atoms with Crippen LogP contribution in [0.15, 0.2) is 12.2 Å². The third-order valence-electron chi connectivity index (χ3n) is 11.6. The van der Waals surface area contributed by atoms with Crippen molar-refractivity contribution in [3.05, 3.63) is 12.2 Å². The average Bonchev–Trinajstić information content (AvgIpc) is 3.12. The van der Waals surface area contributed by atoms with Crippen LogP contribution in [0.2, 0.25) is 0 Å². The normalized spacial score (nSPS) is 43.0. The van der Waals surface area contributed by atoms with Crippen molar-refractivity contribution in [3.63, 3.8) is 0 Å². The van der Waals surface area contributed by atoms with Gasteiger partial charge < -0.3 is 30.2 Å². The highest BCUT2D eigenvalue weighted by Crippen LogP contribution is 2.70. The topological polar surface area (TPSA) is 256 Å². The molecule has 6 N–H and O–H groups in total. The van der Waals surface area contributed by atoms with Crippen molar-refractivity contribution < 1.29 is 68.3 Å². The van der Waals surface area contributed by atoms with Crippen molar-refractivity contribution in [2.75, 3.05) is 6.54 Å². The molecule has 5 aliphatic rings. The Morgan fingerprint density at radius 2 is 1.69 bits per heavy atom. The van der Waals surface area contributed by atoms with Gasteiger partial charge in [-0.25, -0.2) is 8.37 Å². The quantitative estimate of drug-likeness (QED) is 0.0878. The summed E-state index contributed by atoms with van der Waals surface area (Å²) in [6.07, 6.45) is -7.15. The number of aliphatic hydroxyl groups is 1. The second-order valence-electron chi connectivity index (χ2n) is 14.8. The van der Waals surface area contributed by atoms with Gasteiger partial charge in [-0.05, 0) is 79.6 Å². The predicted molar refractivity (Wildman–Crippen MR) is 164 cm³/mol. The van der Waals surface area contributed by atoms with Gasteiger partial charge in [0.05, 0.1) is 18.1 Å². The summed E-state index contributed by atoms with van der Waals surface area (Å²) in [5.41, 5.74) is 5.56. The third kappa shape index (κ3) is 7.20. The molecule has 1 heterocycles. The molecule has 1 aliphatic heterocycles. The smallest absolute Gasteiger partial charge is 0.397 e. The summed E-state index contributed by atoms with van der Waals surface area (Å²) in [5, 5.41) is 21.9. The first kappa shape index (κ1) is 37.5. The minimum absolute atomic E-state index is 0.0157. The number of rotatable bonds is 11. The van der Waals surface area contributed by atoms with Gasteiger partial charge in [0.25, 0.3) is 0 Å². The molecule has 1 spiro atoms. The zero-order valence-electron chi connectivity index (χ0n) is 27.2. The van der Waals surface area contributed by atoms with Crippen LogP contribution in [0, 0.1) is 40.4 Å². The Labute approximate surface area is 280 Å². The summed E-state index contributed by atoms with van der Waals surface area (Å²) < 4.78 is 94.0. The van der Waals surface area contributed by atoms with E-state index in [9.17, 15) is 45.7 Å². The van der Waals surface area contributed by atoms with Crippen LogP contribution in [0.3, 0.4) is 0 Å². The summed E-state index contributed by atoms with van der Waals surface area (Å²) in [4.78, 5) is 25.7. The molecule has 10 unspecified atom stereocenters. The molecule has 274 valence electrons. The number of fused-ring (bicyclic) bond motifs is 3. The second-order valence-corrected chi connectivity index (χ2v) is 16.9. The molecule has 2 bridgehead atoms. The van der Waals surface area contributed by atoms with Crippen molar-refractivity contribution in [1.29, 1.82) is 0 Å². The first-order valence-corrected chi connectivity index (χ1v) is 19.0. The molecule has 0 radical (unpaired) electrons. The molecule has 5 rings (SSSR count). The fourth-order valence-electron chi connectivity index (χ4n) is 9.87. The van der Waals surface area contributed by atoms with E-state index >= 15 is 0 Å². The van der Waals surface area contributed by atoms with Crippen LogP contribution >= 0.6 is 0 Å². The van der Waals surface area contributed by atoms with Crippen LogP contribution in [0.4, 0.5) is 0 Å². The lowest BCUT2D eigenvalue weighted by molar-refractivity contribution is -0.311. The average molecular weight is 726 g/mol. The van der Waals surface area contributed by atoms with E-state index in [0.29, 0.717) is 19.3 Å². The van der Waals surface area contributed by atoms with Gasteiger partial charge in [-0.1, -0.05) is 27.4 Å². The number of hydrogen-bond donors (Lipinski definition) is 5. The Bertz CT molecular complexity index is 1490. The van der Waals surface area contributed by atoms with E-state index in [2.05, 4.69) is 10.8 Å². The molecule has 13 atom stereocenters. The van der Waals surface area contributed by atoms with Gasteiger partial charge in [0, 0.05) is 18.4 Å². The highest BCUT2D eigenvalue weighted by atomic mass is 32.3. The Morgan fingerprint density at radius 3 is 2.27 bits per heavy atom. The number of ether oxygens (including phenoxy) is 3. The van der Waals surface area contributed by atoms with Crippen molar-refractivity contribution in [2.45, 2.75) is 115 Å². The maximum Gasteiger partial charge on any atom is 0.397 e. The van der Waals surface area contributed by atoms with E-state index in [-0.39, 0.29) is 36.5 Å². The molecule has 0 aromatic carbocycles. The van der Waals surface area contributed by atoms with E-state index in [4.69, 9.17) is 24.1 Å². The highest BCUT2D eigenvalue weighted by Gasteiger charge is 2.67. The number of carboxylic acid groups (broad SMARTS) is 1. The molecule has 16 nitrogen and oxygen atoms in total. The molecule has 0 amide bonds. The van der Waals surface area contributed by atoms with Crippen LogP contribution in [-0.4, -0.2) is 97.6 Å². The number of aliphatic hydroxyl groups excluding tert-OH is 1. The fraction of sp³-hybridized carbons (Fsp3) is 0.867. The monoisotopic (exact) mass is 725 g/mol. The number of aliphatic carboxylic acids is 1. The van der Waals surface area contributed by atoms with Gasteiger partial charge in [0.15, 0.2) is 18.5 Å². The van der Waals surface area contributed by atoms with Crippen LogP contribution in [0.1, 0.15) is 72.1 Å². The van der Waals surface area contributed by atoms with Crippen LogP contribution in [0.5, 0.6) is 0 Å². The predicted octanol–water partition coefficient (Wildman–Crippen LogP) is 1.63. The van der Waals surface area contributed by atoms with Gasteiger partial charge in [0.2, 0.25) is 0 Å². The Hall–Kier alpha value is -1.74. The number of hydrogen-bond acceptors (Lipinski definition) is 13. The van der Waals surface area contributed by atoms with E-state index in [0.717, 1.165) is 24.8 Å². The van der Waals surface area contributed by atoms with Gasteiger partial charge in [-0.15, -0.1) is 0 Å². The number of carbonyl (C=O) groups is 2. The molecule has 18 heteroatoms. The van der Waals surface area contributed by atoms with Crippen molar-refractivity contribution in [3.8, 4) is 0 Å². The van der Waals surface area contributed by atoms with E-state index in [1.54, 1.807) is 13.8 Å². The summed E-state index contributed by atoms with van der Waals surface area (Å²) in [6.45, 7) is 9.08. The number of esters is 1. The minimum Gasteiger partial charge on any atom is -0.481 e. The molecular weight excluding hydrogens is 678 g/mol. The lowest BCUT2D eigenvalue weighted by Gasteiger charge is -2.62. The zero-order chi connectivity index (χ0) is 35.6. The molecular formula is C30H47NO15S2. The second kappa shape index (κ2) is 13.4. The van der Waals surface area contributed by atoms with Gasteiger partial charge in [-0.2, -0.15) is 16.8 Å². The van der Waals surface area contributed by atoms with Crippen LogP contribution in [-0.2, 0) is 53.0 Å². The maximum absolute atomic E-state index is 12.9. The van der Waals surface area contributed by atoms with Crippen molar-refractivity contribution in [2.24, 2.45) is 46.2 Å². The standard InChI is InChI=1S/C30H47NO15S2/c1-14(2)9-22(32)44-25-24(46-48(39,40)41)23(45-47(36,37)38)20(13-31)43-28(25)42-17-10-18(27(34)35)19-7-8-30-11-16(15(3)26(30)33)5-6-21(30)29(19,4)12-17/h14,16-21,23-26,28,33H,3,5-13,31H2,1-2,4H3,(H,34,35)(H,36,37,38)(H,39,40,41)/t16?,17?,18?,19?,20-,21?,23+,24?,25?,26-,28?,29?,30?/m0/s1. The number of carbonyl (C=O) groups excluding carboxylic acids is 1. The van der Waals surface area contributed by atoms with Crippen molar-refractivity contribution >= 4 is 32.7 Å². The molecule has 48 heavy (non-hydrogen) atoms. The summed E-state index contributed by atoms with van der Waals surface area (Å²) in [5.74, 6) is -3.10. The SMILES string of the molecule is C=C1C2CCC3C4(C)CC(OC5O[C@@H](CN)[C@@H](OS(=O)(=O)O)C(OS(=O)(=O)O)C5OC(=O)CC(C)C)CC(C(=O)O)C4CCC3(C2)[C@H]1O. The third-order valence-corrected chi connectivity index (χ3v) is 12.5. The van der Waals surface area contributed by atoms with E-state index < -0.39 is 98.9 Å². The summed E-state index contributed by atoms with van der Waals surface area (Å²) in [7, 11) is -10.7. The maximum atomic E-state index is 12.9. The van der Waals surface area contributed by atoms with E-state index in [1.807, 2.05) is 6.92 Å². The number of carboxylic acids is 1. The van der Waals surface area contributed by atoms with Crippen molar-refractivity contribution in [1.82, 2.24) is 0 Å². The minimum atomic E-state index is -5.37. The number of nitrogens with two attached hydrogens (primary N) is 1. The molecule has 4 aliphatic carbocycles. The molecule has 1 saturated heterocycles. The van der Waals surface area contributed by atoms with Gasteiger partial charge >= 0.3 is 32.7 Å². The lowest BCUT2D eigenvalue weighted by atomic mass is 9.43. The van der Waals surface area contributed by atoms with Gasteiger partial charge in [-0.3, -0.25) is 18.7 Å². The Balaban J connectivity index is 1.51. The highest BCUT2D eigenvalue weighted by molar-refractivity contribution is 7.81. The molecule has 0 aromatic heterocycles. The van der Waals surface area contributed by atoms with Gasteiger partial charge in [0.1, 0.15) is 12.2 Å².